The van der Waals surface area contributed by atoms with E-state index in [1.807, 2.05) is 41.2 Å². The van der Waals surface area contributed by atoms with Gasteiger partial charge in [0.05, 0.1) is 30.9 Å². The van der Waals surface area contributed by atoms with Crippen LogP contribution in [0.2, 0.25) is 0 Å². The Kier molecular flexibility index (Phi) is 5.92. The average molecular weight is 413 g/mol. The highest BCUT2D eigenvalue weighted by Crippen LogP contribution is 2.18. The molecule has 1 aliphatic heterocycles. The summed E-state index contributed by atoms with van der Waals surface area (Å²) in [5, 5.41) is 16.4. The summed E-state index contributed by atoms with van der Waals surface area (Å²) in [6, 6.07) is 5.52. The third-order valence-electron chi connectivity index (χ3n) is 5.33. The number of nitrogens with zero attached hydrogens (tertiary/aromatic N) is 3. The molecule has 1 aliphatic rings. The Labute approximate surface area is 173 Å². The van der Waals surface area contributed by atoms with Crippen molar-refractivity contribution in [3.05, 3.63) is 52.8 Å². The molecule has 7 nitrogen and oxygen atoms in total. The second-order valence-corrected chi connectivity index (χ2v) is 8.44. The summed E-state index contributed by atoms with van der Waals surface area (Å²) in [5.41, 5.74) is 5.87. The summed E-state index contributed by atoms with van der Waals surface area (Å²) < 4.78 is 1.91. The van der Waals surface area contributed by atoms with Crippen molar-refractivity contribution in [1.82, 2.24) is 14.8 Å². The number of likely N-dealkylation sites (tertiary alicyclic amines) is 1. The van der Waals surface area contributed by atoms with Gasteiger partial charge in [-0.3, -0.25) is 9.20 Å². The van der Waals surface area contributed by atoms with Crippen LogP contribution in [0.3, 0.4) is 0 Å². The van der Waals surface area contributed by atoms with Gasteiger partial charge in [0, 0.05) is 23.3 Å². The molecule has 2 aromatic heterocycles. The molecule has 4 rings (SSSR count). The first-order valence-electron chi connectivity index (χ1n) is 9.98. The molecule has 3 aromatic rings. The van der Waals surface area contributed by atoms with Gasteiger partial charge >= 0.3 is 0 Å². The number of hydrogen-bond acceptors (Lipinski definition) is 5. The number of amides is 1. The minimum absolute atomic E-state index is 0.185. The Morgan fingerprint density at radius 1 is 1.34 bits per heavy atom. The topological polar surface area (TPSA) is 83.4 Å². The molecule has 29 heavy (non-hydrogen) atoms. The van der Waals surface area contributed by atoms with E-state index in [4.69, 9.17) is 0 Å². The van der Waals surface area contributed by atoms with Gasteiger partial charge in [-0.05, 0) is 49.9 Å². The number of aromatic nitrogens is 2. The third kappa shape index (κ3) is 4.83. The fourth-order valence-electron chi connectivity index (χ4n) is 3.73. The van der Waals surface area contributed by atoms with Crippen molar-refractivity contribution in [3.63, 3.8) is 0 Å². The first kappa shape index (κ1) is 19.6. The summed E-state index contributed by atoms with van der Waals surface area (Å²) >= 11 is 1.54. The molecule has 0 spiro atoms. The van der Waals surface area contributed by atoms with Crippen molar-refractivity contribution in [2.45, 2.75) is 39.2 Å². The Morgan fingerprint density at radius 2 is 2.17 bits per heavy atom. The zero-order valence-corrected chi connectivity index (χ0v) is 17.3. The summed E-state index contributed by atoms with van der Waals surface area (Å²) in [5.74, 6) is 0.121. The Hall–Kier alpha value is -2.71. The highest BCUT2D eigenvalue weighted by molar-refractivity contribution is 7.15. The number of aromatic hydroxyl groups is 1. The number of hydrogen-bond donors (Lipinski definition) is 3. The molecule has 3 N–H and O–H groups in total. The second kappa shape index (κ2) is 8.75. The van der Waals surface area contributed by atoms with E-state index in [1.54, 1.807) is 6.07 Å². The van der Waals surface area contributed by atoms with E-state index >= 15 is 0 Å². The number of rotatable bonds is 6. The van der Waals surface area contributed by atoms with Crippen LogP contribution in [-0.4, -0.2) is 39.2 Å². The van der Waals surface area contributed by atoms with Crippen LogP contribution in [-0.2, 0) is 17.8 Å². The molecule has 1 amide bonds. The Bertz CT molecular complexity index is 1000. The van der Waals surface area contributed by atoms with Crippen molar-refractivity contribution in [2.24, 2.45) is 5.10 Å². The molecule has 0 atom stereocenters. The molecule has 3 heterocycles. The van der Waals surface area contributed by atoms with Gasteiger partial charge < -0.3 is 10.0 Å². The van der Waals surface area contributed by atoms with E-state index in [2.05, 4.69) is 15.5 Å². The number of phenols is 1. The van der Waals surface area contributed by atoms with Gasteiger partial charge in [-0.2, -0.15) is 5.10 Å². The number of hydrazone groups is 1. The van der Waals surface area contributed by atoms with Gasteiger partial charge in [-0.15, -0.1) is 11.3 Å². The Balaban J connectivity index is 1.39. The summed E-state index contributed by atoms with van der Waals surface area (Å²) in [6.45, 7) is 4.98. The van der Waals surface area contributed by atoms with Crippen LogP contribution in [0.25, 0.3) is 4.96 Å². The number of imidazole rings is 1. The van der Waals surface area contributed by atoms with Gasteiger partial charge in [-0.25, -0.2) is 10.4 Å². The van der Waals surface area contributed by atoms with Crippen LogP contribution < -0.4 is 10.3 Å². The minimum Gasteiger partial charge on any atom is -0.507 e. The first-order chi connectivity index (χ1) is 14.1. The third-order valence-corrected chi connectivity index (χ3v) is 6.10. The van der Waals surface area contributed by atoms with E-state index in [1.165, 1.54) is 35.5 Å². The maximum absolute atomic E-state index is 12.2. The number of nitrogens with one attached hydrogen (secondary N) is 2. The fourth-order valence-corrected chi connectivity index (χ4v) is 4.45. The zero-order chi connectivity index (χ0) is 20.2. The first-order valence-corrected chi connectivity index (χ1v) is 10.9. The van der Waals surface area contributed by atoms with E-state index < -0.39 is 0 Å². The molecule has 0 saturated carbocycles. The number of phenolic OH excluding ortho intramolecular Hbond substituents is 1. The van der Waals surface area contributed by atoms with E-state index in [9.17, 15) is 9.90 Å². The van der Waals surface area contributed by atoms with Crippen molar-refractivity contribution < 1.29 is 14.8 Å². The molecule has 1 fully saturated rings. The smallest absolute Gasteiger partial charge is 0.246 e. The number of benzene rings is 1. The molecule has 8 heteroatoms. The summed E-state index contributed by atoms with van der Waals surface area (Å²) in [6.07, 6.45) is 7.76. The van der Waals surface area contributed by atoms with Crippen LogP contribution in [0.4, 0.5) is 0 Å². The maximum Gasteiger partial charge on any atom is 0.246 e. The van der Waals surface area contributed by atoms with Gasteiger partial charge in [0.15, 0.2) is 4.96 Å². The molecule has 0 unspecified atom stereocenters. The minimum atomic E-state index is -0.202. The average Bonchev–Trinajstić information content (AvgIpc) is 3.30. The molecule has 0 aliphatic carbocycles. The number of carbonyl (C=O) groups excluding carboxylic acids is 1. The normalized spacial score (nSPS) is 15.7. The lowest BCUT2D eigenvalue weighted by atomic mass is 10.0. The fraction of sp³-hybridized carbons (Fsp3) is 0.381. The lowest BCUT2D eigenvalue weighted by Gasteiger charge is -2.24. The number of quaternary nitrogens is 1. The lowest BCUT2D eigenvalue weighted by Crippen LogP contribution is -3.11. The largest absolute Gasteiger partial charge is 0.507 e. The van der Waals surface area contributed by atoms with Crippen molar-refractivity contribution in [2.75, 3.05) is 13.1 Å². The summed E-state index contributed by atoms with van der Waals surface area (Å²) in [7, 11) is 0. The molecule has 0 radical (unpaired) electrons. The second-order valence-electron chi connectivity index (χ2n) is 7.56. The number of fused-ring (bicyclic) bond motifs is 1. The molecule has 152 valence electrons. The van der Waals surface area contributed by atoms with Gasteiger partial charge in [0.1, 0.15) is 12.3 Å². The van der Waals surface area contributed by atoms with Crippen molar-refractivity contribution in [3.8, 4) is 5.75 Å². The van der Waals surface area contributed by atoms with Gasteiger partial charge in [0.2, 0.25) is 5.91 Å². The number of thiazole rings is 1. The number of piperidine rings is 1. The predicted octanol–water partition coefficient (Wildman–Crippen LogP) is 1.75. The highest BCUT2D eigenvalue weighted by Gasteiger charge is 2.16. The van der Waals surface area contributed by atoms with Crippen LogP contribution in [0.5, 0.6) is 5.75 Å². The predicted molar refractivity (Wildman–Crippen MR) is 113 cm³/mol. The van der Waals surface area contributed by atoms with Crippen LogP contribution >= 0.6 is 11.3 Å². The quantitative estimate of drug-likeness (QED) is 0.426. The van der Waals surface area contributed by atoms with Gasteiger partial charge in [-0.1, -0.05) is 0 Å². The van der Waals surface area contributed by atoms with E-state index in [0.29, 0.717) is 11.5 Å². The SMILES string of the molecule is C/C(=N\NC(=O)Cc1cn2ccsc2n1)c1ccc(O)c(C[NH+]2CCCCC2)c1. The molecule has 0 bridgehead atoms. The van der Waals surface area contributed by atoms with Crippen LogP contribution in [0.15, 0.2) is 41.1 Å². The molecule has 1 saturated heterocycles. The van der Waals surface area contributed by atoms with E-state index in [0.717, 1.165) is 41.4 Å². The maximum atomic E-state index is 12.2. The summed E-state index contributed by atoms with van der Waals surface area (Å²) in [4.78, 5) is 19.0. The molecular formula is C21H26N5O2S+. The van der Waals surface area contributed by atoms with E-state index in [-0.39, 0.29) is 12.3 Å². The van der Waals surface area contributed by atoms with Crippen molar-refractivity contribution in [1.29, 1.82) is 0 Å². The highest BCUT2D eigenvalue weighted by atomic mass is 32.1. The molecular weight excluding hydrogens is 386 g/mol. The number of carbonyl (C=O) groups is 1. The van der Waals surface area contributed by atoms with Crippen LogP contribution in [0.1, 0.15) is 43.0 Å². The zero-order valence-electron chi connectivity index (χ0n) is 16.5. The standard InChI is InChI=1S/C21H25N5O2S/c1-15(23-24-20(28)12-18-14-26-9-10-29-21(26)22-18)16-5-6-19(27)17(11-16)13-25-7-3-2-4-8-25/h5-6,9-11,14,27H,2-4,7-8,12-13H2,1H3,(H,24,28)/p+1/b23-15+. The lowest BCUT2D eigenvalue weighted by molar-refractivity contribution is -0.918. The van der Waals surface area contributed by atoms with Crippen LogP contribution in [0, 0.1) is 0 Å². The monoisotopic (exact) mass is 412 g/mol. The Morgan fingerprint density at radius 3 is 2.97 bits per heavy atom. The van der Waals surface area contributed by atoms with Gasteiger partial charge in [0.25, 0.3) is 0 Å². The van der Waals surface area contributed by atoms with Crippen molar-refractivity contribution >= 4 is 27.9 Å². The molecule has 1 aromatic carbocycles.